The van der Waals surface area contributed by atoms with Crippen LogP contribution in [0.5, 0.6) is 5.75 Å². The summed E-state index contributed by atoms with van der Waals surface area (Å²) in [4.78, 5) is 17.2. The number of ether oxygens (including phenoxy) is 2. The molecule has 0 saturated carbocycles. The minimum absolute atomic E-state index is 0.175. The Morgan fingerprint density at radius 3 is 2.37 bits per heavy atom. The van der Waals surface area contributed by atoms with Crippen molar-refractivity contribution in [3.63, 3.8) is 0 Å². The molecule has 1 saturated heterocycles. The van der Waals surface area contributed by atoms with E-state index < -0.39 is 0 Å². The number of amides is 1. The maximum absolute atomic E-state index is 12.6. The number of morpholine rings is 1. The summed E-state index contributed by atoms with van der Waals surface area (Å²) in [7, 11) is 0. The van der Waals surface area contributed by atoms with Crippen LogP contribution in [0, 0.1) is 0 Å². The van der Waals surface area contributed by atoms with Gasteiger partial charge in [0, 0.05) is 39.3 Å². The van der Waals surface area contributed by atoms with Crippen LogP contribution in [-0.4, -0.2) is 61.7 Å². The van der Waals surface area contributed by atoms with Crippen molar-refractivity contribution in [3.05, 3.63) is 89.4 Å². The molecule has 186 valence electrons. The average molecular weight is 478 g/mol. The van der Waals surface area contributed by atoms with E-state index in [1.54, 1.807) is 6.07 Å². The first-order chi connectivity index (χ1) is 17.2. The van der Waals surface area contributed by atoms with Crippen LogP contribution in [0.15, 0.2) is 71.1 Å². The Morgan fingerprint density at radius 1 is 0.943 bits per heavy atom. The lowest BCUT2D eigenvalue weighted by molar-refractivity contribution is 0.0382. The number of nitrogens with one attached hydrogen (secondary N) is 1. The molecule has 1 aliphatic rings. The van der Waals surface area contributed by atoms with Gasteiger partial charge in [0.15, 0.2) is 5.76 Å². The minimum Gasteiger partial charge on any atom is -0.494 e. The lowest BCUT2D eigenvalue weighted by Crippen LogP contribution is -2.41. The molecule has 0 aliphatic carbocycles. The highest BCUT2D eigenvalue weighted by Gasteiger charge is 2.16. The summed E-state index contributed by atoms with van der Waals surface area (Å²) in [5, 5.41) is 2.97. The third-order valence-corrected chi connectivity index (χ3v) is 5.97. The van der Waals surface area contributed by atoms with Gasteiger partial charge in [0.1, 0.15) is 11.5 Å². The fourth-order valence-electron chi connectivity index (χ4n) is 4.17. The van der Waals surface area contributed by atoms with Crippen LogP contribution < -0.4 is 10.1 Å². The normalized spacial score (nSPS) is 14.2. The Bertz CT molecular complexity index is 1030. The van der Waals surface area contributed by atoms with Gasteiger partial charge in [-0.2, -0.15) is 0 Å². The van der Waals surface area contributed by atoms with Gasteiger partial charge < -0.3 is 19.2 Å². The number of hydrogen-bond donors (Lipinski definition) is 1. The molecule has 0 unspecified atom stereocenters. The van der Waals surface area contributed by atoms with Crippen molar-refractivity contribution in [2.24, 2.45) is 0 Å². The number of rotatable bonds is 12. The molecule has 0 atom stereocenters. The van der Waals surface area contributed by atoms with Crippen LogP contribution in [0.2, 0.25) is 0 Å². The van der Waals surface area contributed by atoms with Gasteiger partial charge >= 0.3 is 0 Å². The minimum atomic E-state index is -0.175. The van der Waals surface area contributed by atoms with E-state index in [2.05, 4.69) is 51.5 Å². The first-order valence-corrected chi connectivity index (χ1v) is 12.3. The summed E-state index contributed by atoms with van der Waals surface area (Å²) in [5.74, 6) is 1.82. The molecule has 0 spiro atoms. The quantitative estimate of drug-likeness (QED) is 0.426. The zero-order valence-corrected chi connectivity index (χ0v) is 20.4. The molecule has 1 fully saturated rings. The maximum atomic E-state index is 12.6. The lowest BCUT2D eigenvalue weighted by atomic mass is 10.1. The van der Waals surface area contributed by atoms with Crippen LogP contribution in [0.25, 0.3) is 0 Å². The number of carbonyl (C=O) groups is 1. The Balaban J connectivity index is 1.35. The summed E-state index contributed by atoms with van der Waals surface area (Å²) < 4.78 is 16.9. The molecular weight excluding hydrogens is 442 g/mol. The molecule has 7 heteroatoms. The first kappa shape index (κ1) is 25.0. The van der Waals surface area contributed by atoms with Crippen molar-refractivity contribution < 1.29 is 18.7 Å². The zero-order valence-electron chi connectivity index (χ0n) is 20.4. The van der Waals surface area contributed by atoms with E-state index in [0.29, 0.717) is 25.5 Å². The highest BCUT2D eigenvalue weighted by molar-refractivity contribution is 5.91. The number of benzene rings is 2. The van der Waals surface area contributed by atoms with Crippen LogP contribution >= 0.6 is 0 Å². The Kier molecular flexibility index (Phi) is 9.34. The highest BCUT2D eigenvalue weighted by atomic mass is 16.5. The highest BCUT2D eigenvalue weighted by Crippen LogP contribution is 2.18. The number of carbonyl (C=O) groups excluding carboxylic acids is 1. The second kappa shape index (κ2) is 13.1. The van der Waals surface area contributed by atoms with Gasteiger partial charge in [-0.25, -0.2) is 0 Å². The standard InChI is InChI=1S/C28H35N3O4/c1-2-34-25-10-8-24(9-11-25)21-31(20-23-6-4-3-5-7-23)22-26-12-13-27(35-26)28(32)29-14-15-30-16-18-33-19-17-30/h3-13H,2,14-22H2,1H3,(H,29,32). The third kappa shape index (κ3) is 7.96. The topological polar surface area (TPSA) is 67.2 Å². The van der Waals surface area contributed by atoms with Gasteiger partial charge in [-0.15, -0.1) is 0 Å². The maximum Gasteiger partial charge on any atom is 0.287 e. The van der Waals surface area contributed by atoms with Gasteiger partial charge in [-0.3, -0.25) is 14.6 Å². The van der Waals surface area contributed by atoms with Gasteiger partial charge in [0.25, 0.3) is 5.91 Å². The number of furan rings is 1. The van der Waals surface area contributed by atoms with Gasteiger partial charge in [0.05, 0.1) is 26.4 Å². The Hall–Kier alpha value is -3.13. The predicted molar refractivity (Wildman–Crippen MR) is 135 cm³/mol. The van der Waals surface area contributed by atoms with E-state index in [4.69, 9.17) is 13.9 Å². The molecule has 1 N–H and O–H groups in total. The lowest BCUT2D eigenvalue weighted by Gasteiger charge is -2.26. The predicted octanol–water partition coefficient (Wildman–Crippen LogP) is 3.94. The summed E-state index contributed by atoms with van der Waals surface area (Å²) in [6, 6.07) is 22.2. The molecule has 2 heterocycles. The SMILES string of the molecule is CCOc1ccc(CN(Cc2ccccc2)Cc2ccc(C(=O)NCCN3CCOCC3)o2)cc1. The molecule has 1 amide bonds. The molecule has 1 aromatic heterocycles. The van der Waals surface area contributed by atoms with E-state index in [9.17, 15) is 4.79 Å². The zero-order chi connectivity index (χ0) is 24.3. The molecule has 3 aromatic rings. The molecule has 35 heavy (non-hydrogen) atoms. The van der Waals surface area contributed by atoms with Crippen molar-refractivity contribution in [3.8, 4) is 5.75 Å². The molecule has 1 aliphatic heterocycles. The fraction of sp³-hybridized carbons (Fsp3) is 0.393. The molecule has 0 bridgehead atoms. The van der Waals surface area contributed by atoms with Crippen LogP contribution in [0.1, 0.15) is 34.4 Å². The van der Waals surface area contributed by atoms with Crippen molar-refractivity contribution in [1.29, 1.82) is 0 Å². The second-order valence-electron chi connectivity index (χ2n) is 8.68. The Labute approximate surface area is 207 Å². The van der Waals surface area contributed by atoms with Gasteiger partial charge in [-0.1, -0.05) is 42.5 Å². The summed E-state index contributed by atoms with van der Waals surface area (Å²) in [6.07, 6.45) is 0. The molecule has 2 aromatic carbocycles. The summed E-state index contributed by atoms with van der Waals surface area (Å²) >= 11 is 0. The van der Waals surface area contributed by atoms with Gasteiger partial charge in [0.2, 0.25) is 0 Å². The molecular formula is C28H35N3O4. The number of hydrogen-bond acceptors (Lipinski definition) is 6. The van der Waals surface area contributed by atoms with E-state index in [0.717, 1.165) is 57.4 Å². The smallest absolute Gasteiger partial charge is 0.287 e. The van der Waals surface area contributed by atoms with E-state index in [-0.39, 0.29) is 5.91 Å². The van der Waals surface area contributed by atoms with Crippen molar-refractivity contribution in [2.75, 3.05) is 46.0 Å². The van der Waals surface area contributed by atoms with Crippen LogP contribution in [-0.2, 0) is 24.4 Å². The van der Waals surface area contributed by atoms with E-state index in [1.807, 2.05) is 31.2 Å². The number of nitrogens with zero attached hydrogens (tertiary/aromatic N) is 2. The average Bonchev–Trinajstić information content (AvgIpc) is 3.35. The summed E-state index contributed by atoms with van der Waals surface area (Å²) in [5.41, 5.74) is 2.42. The van der Waals surface area contributed by atoms with Crippen molar-refractivity contribution in [2.45, 2.75) is 26.6 Å². The van der Waals surface area contributed by atoms with Crippen LogP contribution in [0.3, 0.4) is 0 Å². The Morgan fingerprint density at radius 2 is 1.66 bits per heavy atom. The first-order valence-electron chi connectivity index (χ1n) is 12.3. The monoisotopic (exact) mass is 477 g/mol. The molecule has 4 rings (SSSR count). The van der Waals surface area contributed by atoms with Crippen LogP contribution in [0.4, 0.5) is 0 Å². The van der Waals surface area contributed by atoms with E-state index >= 15 is 0 Å². The fourth-order valence-corrected chi connectivity index (χ4v) is 4.17. The second-order valence-corrected chi connectivity index (χ2v) is 8.68. The van der Waals surface area contributed by atoms with Gasteiger partial charge in [-0.05, 0) is 42.3 Å². The third-order valence-electron chi connectivity index (χ3n) is 5.97. The summed E-state index contributed by atoms with van der Waals surface area (Å²) in [6.45, 7) is 9.50. The van der Waals surface area contributed by atoms with Crippen molar-refractivity contribution in [1.82, 2.24) is 15.1 Å². The largest absolute Gasteiger partial charge is 0.494 e. The molecule has 7 nitrogen and oxygen atoms in total. The van der Waals surface area contributed by atoms with E-state index in [1.165, 1.54) is 11.1 Å². The molecule has 0 radical (unpaired) electrons. The van der Waals surface area contributed by atoms with Crippen molar-refractivity contribution >= 4 is 5.91 Å².